The number of aliphatic imine (C=N–C) groups is 1. The predicted octanol–water partition coefficient (Wildman–Crippen LogP) is 3.16. The minimum Gasteiger partial charge on any atom is -0.404 e. The van der Waals surface area contributed by atoms with Crippen LogP contribution in [0.4, 0.5) is 17.6 Å². The van der Waals surface area contributed by atoms with Gasteiger partial charge in [-0.25, -0.2) is 17.8 Å². The van der Waals surface area contributed by atoms with Crippen LogP contribution in [0.1, 0.15) is 15.9 Å². The van der Waals surface area contributed by atoms with Crippen molar-refractivity contribution in [3.8, 4) is 5.75 Å². The van der Waals surface area contributed by atoms with Crippen LogP contribution in [0.3, 0.4) is 0 Å². The van der Waals surface area contributed by atoms with Crippen molar-refractivity contribution in [1.82, 2.24) is 10.0 Å². The number of thioether (sulfide) groups is 1. The van der Waals surface area contributed by atoms with Gasteiger partial charge in [-0.15, -0.1) is 13.2 Å². The molecule has 1 amide bonds. The highest BCUT2D eigenvalue weighted by Crippen LogP contribution is 2.31. The third-order valence-corrected chi connectivity index (χ3v) is 6.71. The van der Waals surface area contributed by atoms with E-state index in [9.17, 15) is 35.9 Å². The molecule has 0 saturated carbocycles. The molecule has 1 aliphatic rings. The predicted molar refractivity (Wildman–Crippen MR) is 112 cm³/mol. The normalized spacial score (nSPS) is 18.5. The van der Waals surface area contributed by atoms with Gasteiger partial charge >= 0.3 is 6.36 Å². The summed E-state index contributed by atoms with van der Waals surface area (Å²) in [5.41, 5.74) is -1.28. The van der Waals surface area contributed by atoms with Gasteiger partial charge in [-0.3, -0.25) is 9.52 Å². The fourth-order valence-corrected chi connectivity index (χ4v) is 4.76. The molecule has 3 N–H and O–H groups in total. The summed E-state index contributed by atoms with van der Waals surface area (Å²) in [6, 6.07) is 8.24. The van der Waals surface area contributed by atoms with Crippen LogP contribution in [0, 0.1) is 0 Å². The molecule has 0 fully saturated rings. The average molecular weight is 528 g/mol. The summed E-state index contributed by atoms with van der Waals surface area (Å²) in [4.78, 5) is 15.5. The van der Waals surface area contributed by atoms with Gasteiger partial charge in [-0.2, -0.15) is 0 Å². The Morgan fingerprint density at radius 2 is 1.88 bits per heavy atom. The van der Waals surface area contributed by atoms with Crippen LogP contribution in [-0.2, 0) is 16.6 Å². The van der Waals surface area contributed by atoms with Crippen molar-refractivity contribution in [3.05, 3.63) is 58.6 Å². The number of halogens is 5. The van der Waals surface area contributed by atoms with Crippen molar-refractivity contribution in [2.24, 2.45) is 4.99 Å². The molecule has 15 heteroatoms. The number of hydrogen-bond acceptors (Lipinski definition) is 7. The summed E-state index contributed by atoms with van der Waals surface area (Å²) < 4.78 is 80.6. The molecule has 3 rings (SSSR count). The maximum Gasteiger partial charge on any atom is 0.573 e. The Hall–Kier alpha value is -2.55. The quantitative estimate of drug-likeness (QED) is 0.497. The number of alkyl halides is 4. The van der Waals surface area contributed by atoms with Crippen LogP contribution in [0.15, 0.2) is 52.4 Å². The minimum absolute atomic E-state index is 0.0732. The maximum absolute atomic E-state index is 13.2. The smallest absolute Gasteiger partial charge is 0.404 e. The van der Waals surface area contributed by atoms with Gasteiger partial charge in [-0.1, -0.05) is 17.7 Å². The van der Waals surface area contributed by atoms with Crippen LogP contribution in [0.5, 0.6) is 5.75 Å². The first kappa shape index (κ1) is 25.1. The molecular weight excluding hydrogens is 514 g/mol. The number of amidine groups is 1. The lowest BCUT2D eigenvalue weighted by Crippen LogP contribution is -2.28. The van der Waals surface area contributed by atoms with Gasteiger partial charge < -0.3 is 15.2 Å². The lowest BCUT2D eigenvalue weighted by molar-refractivity contribution is -0.274. The second-order valence-corrected chi connectivity index (χ2v) is 9.60. The van der Waals surface area contributed by atoms with E-state index in [1.165, 1.54) is 24.3 Å². The van der Waals surface area contributed by atoms with Crippen molar-refractivity contribution in [3.63, 3.8) is 0 Å². The molecule has 2 aromatic carbocycles. The number of aliphatic hydroxyl groups excluding tert-OH is 1. The summed E-state index contributed by atoms with van der Waals surface area (Å²) >= 11 is 6.18. The molecule has 2 atom stereocenters. The summed E-state index contributed by atoms with van der Waals surface area (Å²) in [6.45, 7) is -0.0732. The van der Waals surface area contributed by atoms with E-state index in [0.29, 0.717) is 17.3 Å². The van der Waals surface area contributed by atoms with E-state index >= 15 is 0 Å². The molecule has 2 aromatic rings. The molecule has 0 saturated heterocycles. The number of aliphatic hydroxyl groups is 1. The third kappa shape index (κ3) is 6.72. The molecule has 0 radical (unpaired) electrons. The summed E-state index contributed by atoms with van der Waals surface area (Å²) in [5, 5.41) is 11.1. The molecule has 2 unspecified atom stereocenters. The van der Waals surface area contributed by atoms with E-state index in [-0.39, 0.29) is 27.2 Å². The SMILES string of the molecule is O=C(NCc1ccc(OC(F)(F)F)c(Cl)c1)c1ccc(S(=O)(=O)NC2=NC(O)C(F)S2)cc1. The molecular formula is C18H14ClF4N3O5S2. The standard InChI is InChI=1S/C18H14ClF4N3O5S2/c19-12-7-9(1-6-13(12)31-18(21,22)23)8-24-15(27)10-2-4-11(5-3-10)33(29,30)26-17-25-16(28)14(20)32-17/h1-7,14,16,28H,8H2,(H,24,27)(H,25,26). The Morgan fingerprint density at radius 3 is 2.42 bits per heavy atom. The lowest BCUT2D eigenvalue weighted by atomic mass is 10.2. The number of nitrogens with one attached hydrogen (secondary N) is 2. The van der Waals surface area contributed by atoms with Gasteiger partial charge in [0.1, 0.15) is 5.75 Å². The Labute approximate surface area is 194 Å². The van der Waals surface area contributed by atoms with Crippen LogP contribution >= 0.6 is 23.4 Å². The maximum atomic E-state index is 13.2. The van der Waals surface area contributed by atoms with Crippen molar-refractivity contribution >= 4 is 44.5 Å². The van der Waals surface area contributed by atoms with E-state index in [1.54, 1.807) is 0 Å². The monoisotopic (exact) mass is 527 g/mol. The molecule has 8 nitrogen and oxygen atoms in total. The zero-order valence-electron chi connectivity index (χ0n) is 16.1. The number of carbonyl (C=O) groups is 1. The topological polar surface area (TPSA) is 117 Å². The van der Waals surface area contributed by atoms with Crippen LogP contribution in [0.25, 0.3) is 0 Å². The van der Waals surface area contributed by atoms with Crippen molar-refractivity contribution in [2.75, 3.05) is 0 Å². The zero-order valence-corrected chi connectivity index (χ0v) is 18.5. The molecule has 0 spiro atoms. The molecule has 0 aliphatic carbocycles. The average Bonchev–Trinajstić information content (AvgIpc) is 3.03. The summed E-state index contributed by atoms with van der Waals surface area (Å²) in [6.07, 6.45) is -6.56. The Kier molecular flexibility index (Phi) is 7.41. The molecule has 1 heterocycles. The number of amides is 1. The second kappa shape index (κ2) is 9.75. The van der Waals surface area contributed by atoms with Crippen molar-refractivity contribution < 1.29 is 40.6 Å². The van der Waals surface area contributed by atoms with Crippen LogP contribution in [-0.4, -0.2) is 42.7 Å². The first-order chi connectivity index (χ1) is 15.3. The van der Waals surface area contributed by atoms with Gasteiger partial charge in [0.05, 0.1) is 9.92 Å². The molecule has 1 aliphatic heterocycles. The highest BCUT2D eigenvalue weighted by molar-refractivity contribution is 8.15. The summed E-state index contributed by atoms with van der Waals surface area (Å²) in [7, 11) is -4.13. The Balaban J connectivity index is 1.60. The van der Waals surface area contributed by atoms with E-state index in [2.05, 4.69) is 15.0 Å². The largest absolute Gasteiger partial charge is 0.573 e. The first-order valence-corrected chi connectivity index (χ1v) is 11.6. The number of nitrogens with zero attached hydrogens (tertiary/aromatic N) is 1. The molecule has 33 heavy (non-hydrogen) atoms. The summed E-state index contributed by atoms with van der Waals surface area (Å²) in [5.74, 6) is -1.17. The van der Waals surface area contributed by atoms with Gasteiger partial charge in [-0.05, 0) is 53.7 Å². The second-order valence-electron chi connectivity index (χ2n) is 6.44. The number of sulfonamides is 1. The molecule has 0 aromatic heterocycles. The van der Waals surface area contributed by atoms with Gasteiger partial charge in [0.25, 0.3) is 15.9 Å². The number of hydrogen-bond donors (Lipinski definition) is 3. The van der Waals surface area contributed by atoms with E-state index < -0.39 is 39.8 Å². The Bertz CT molecular complexity index is 1180. The van der Waals surface area contributed by atoms with E-state index in [0.717, 1.165) is 18.2 Å². The van der Waals surface area contributed by atoms with E-state index in [1.807, 2.05) is 4.72 Å². The molecule has 0 bridgehead atoms. The van der Waals surface area contributed by atoms with Crippen molar-refractivity contribution in [2.45, 2.75) is 29.5 Å². The minimum atomic E-state index is -4.89. The van der Waals surface area contributed by atoms with Crippen LogP contribution < -0.4 is 14.8 Å². The number of rotatable bonds is 6. The van der Waals surface area contributed by atoms with Gasteiger partial charge in [0.2, 0.25) is 0 Å². The zero-order chi connectivity index (χ0) is 24.4. The fourth-order valence-electron chi connectivity index (χ4n) is 2.53. The lowest BCUT2D eigenvalue weighted by Gasteiger charge is -2.12. The van der Waals surface area contributed by atoms with E-state index in [4.69, 9.17) is 11.6 Å². The Morgan fingerprint density at radius 1 is 1.21 bits per heavy atom. The first-order valence-electron chi connectivity index (χ1n) is 8.86. The number of carbonyl (C=O) groups excluding carboxylic acids is 1. The van der Waals surface area contributed by atoms with Crippen molar-refractivity contribution in [1.29, 1.82) is 0 Å². The molecule has 178 valence electrons. The highest BCUT2D eigenvalue weighted by Gasteiger charge is 2.32. The van der Waals surface area contributed by atoms with Crippen LogP contribution in [0.2, 0.25) is 5.02 Å². The van der Waals surface area contributed by atoms with Gasteiger partial charge in [0.15, 0.2) is 16.9 Å². The number of benzene rings is 2. The van der Waals surface area contributed by atoms with Gasteiger partial charge in [0, 0.05) is 12.1 Å². The number of ether oxygens (including phenoxy) is 1. The fraction of sp³-hybridized carbons (Fsp3) is 0.222. The highest BCUT2D eigenvalue weighted by atomic mass is 35.5. The third-order valence-electron chi connectivity index (χ3n) is 4.03.